The maximum Gasteiger partial charge on any atom is 0.416 e. The van der Waals surface area contributed by atoms with E-state index in [4.69, 9.17) is 4.42 Å². The molecule has 1 aromatic carbocycles. The number of likely N-dealkylation sites (tertiary alicyclic amines) is 1. The van der Waals surface area contributed by atoms with Gasteiger partial charge in [-0.25, -0.2) is 0 Å². The average molecular weight is 435 g/mol. The summed E-state index contributed by atoms with van der Waals surface area (Å²) in [5.41, 5.74) is 0.857. The molecule has 0 radical (unpaired) electrons. The van der Waals surface area contributed by atoms with E-state index < -0.39 is 11.7 Å². The van der Waals surface area contributed by atoms with E-state index in [9.17, 15) is 18.0 Å². The normalized spacial score (nSPS) is 20.9. The second-order valence-corrected chi connectivity index (χ2v) is 8.49. The molecule has 0 aliphatic carbocycles. The van der Waals surface area contributed by atoms with Crippen molar-refractivity contribution >= 4 is 11.6 Å². The van der Waals surface area contributed by atoms with Crippen molar-refractivity contribution in [1.29, 1.82) is 0 Å². The van der Waals surface area contributed by atoms with Crippen LogP contribution in [0.1, 0.15) is 40.3 Å². The van der Waals surface area contributed by atoms with E-state index in [1.807, 2.05) is 29.7 Å². The molecule has 0 spiro atoms. The van der Waals surface area contributed by atoms with Crippen LogP contribution in [0, 0.1) is 13.8 Å². The number of hydrogen-bond donors (Lipinski definition) is 0. The Hall–Kier alpha value is -2.48. The number of benzene rings is 1. The van der Waals surface area contributed by atoms with Crippen molar-refractivity contribution in [3.63, 3.8) is 0 Å². The van der Waals surface area contributed by atoms with Crippen molar-refractivity contribution in [1.82, 2.24) is 9.80 Å². The molecular weight excluding hydrogens is 407 g/mol. The van der Waals surface area contributed by atoms with E-state index >= 15 is 0 Å². The van der Waals surface area contributed by atoms with E-state index in [0.717, 1.165) is 49.9 Å². The van der Waals surface area contributed by atoms with Crippen LogP contribution in [0.15, 0.2) is 34.7 Å². The maximum absolute atomic E-state index is 13.0. The monoisotopic (exact) mass is 435 g/mol. The molecule has 0 unspecified atom stereocenters. The van der Waals surface area contributed by atoms with Crippen LogP contribution < -0.4 is 4.90 Å². The molecule has 3 heterocycles. The summed E-state index contributed by atoms with van der Waals surface area (Å²) in [5, 5.41) is 0. The predicted molar refractivity (Wildman–Crippen MR) is 112 cm³/mol. The summed E-state index contributed by atoms with van der Waals surface area (Å²) in [6.45, 7) is 7.97. The van der Waals surface area contributed by atoms with Gasteiger partial charge in [-0.1, -0.05) is 6.07 Å². The molecule has 0 N–H and O–H groups in total. The lowest BCUT2D eigenvalue weighted by Crippen LogP contribution is -2.55. The third-order valence-electron chi connectivity index (χ3n) is 6.29. The van der Waals surface area contributed by atoms with Gasteiger partial charge in [-0.05, 0) is 51.0 Å². The second-order valence-electron chi connectivity index (χ2n) is 8.49. The maximum atomic E-state index is 13.0. The molecule has 8 heteroatoms. The fraction of sp³-hybridized carbons (Fsp3) is 0.522. The van der Waals surface area contributed by atoms with Gasteiger partial charge in [0.15, 0.2) is 5.76 Å². The van der Waals surface area contributed by atoms with Crippen LogP contribution in [-0.2, 0) is 6.18 Å². The van der Waals surface area contributed by atoms with Gasteiger partial charge in [0.2, 0.25) is 0 Å². The lowest BCUT2D eigenvalue weighted by molar-refractivity contribution is -0.137. The van der Waals surface area contributed by atoms with E-state index in [-0.39, 0.29) is 11.9 Å². The molecule has 2 aliphatic rings. The molecule has 4 rings (SSSR count). The minimum atomic E-state index is -4.33. The van der Waals surface area contributed by atoms with Crippen molar-refractivity contribution in [2.24, 2.45) is 0 Å². The number of halogens is 3. The van der Waals surface area contributed by atoms with Crippen molar-refractivity contribution < 1.29 is 22.4 Å². The van der Waals surface area contributed by atoms with Gasteiger partial charge in [0.05, 0.1) is 5.56 Å². The first kappa shape index (κ1) is 21.7. The smallest absolute Gasteiger partial charge is 0.416 e. The van der Waals surface area contributed by atoms with Crippen LogP contribution in [0.3, 0.4) is 0 Å². The lowest BCUT2D eigenvalue weighted by Gasteiger charge is -2.43. The number of aryl methyl sites for hydroxylation is 2. The molecule has 31 heavy (non-hydrogen) atoms. The molecule has 1 amide bonds. The van der Waals surface area contributed by atoms with Gasteiger partial charge in [-0.2, -0.15) is 13.2 Å². The number of anilines is 1. The Balaban J connectivity index is 1.37. The minimum Gasteiger partial charge on any atom is -0.456 e. The van der Waals surface area contributed by atoms with Crippen LogP contribution in [0.2, 0.25) is 0 Å². The Bertz CT molecular complexity index is 932. The molecule has 0 saturated carbocycles. The summed E-state index contributed by atoms with van der Waals surface area (Å²) in [6, 6.07) is 7.67. The third kappa shape index (κ3) is 4.74. The second kappa shape index (κ2) is 8.57. The summed E-state index contributed by atoms with van der Waals surface area (Å²) in [5.74, 6) is 1.10. The Labute approximate surface area is 180 Å². The van der Waals surface area contributed by atoms with E-state index in [0.29, 0.717) is 31.1 Å². The van der Waals surface area contributed by atoms with Crippen LogP contribution >= 0.6 is 0 Å². The number of hydrogen-bond acceptors (Lipinski definition) is 4. The highest BCUT2D eigenvalue weighted by Crippen LogP contribution is 2.32. The Morgan fingerprint density at radius 1 is 1.06 bits per heavy atom. The van der Waals surface area contributed by atoms with Crippen LogP contribution in [0.5, 0.6) is 0 Å². The SMILES string of the molecule is Cc1cc(C)c(C(=O)N2CCC[C@@H](N3CCN(c4cccc(C(F)(F)F)c4)CC3)C2)o1. The minimum absolute atomic E-state index is 0.0575. The van der Waals surface area contributed by atoms with Gasteiger partial charge < -0.3 is 14.2 Å². The lowest BCUT2D eigenvalue weighted by atomic mass is 10.0. The van der Waals surface area contributed by atoms with Crippen LogP contribution in [0.4, 0.5) is 18.9 Å². The van der Waals surface area contributed by atoms with Crippen LogP contribution in [0.25, 0.3) is 0 Å². The zero-order chi connectivity index (χ0) is 22.2. The Kier molecular flexibility index (Phi) is 6.01. The predicted octanol–water partition coefficient (Wildman–Crippen LogP) is 4.34. The van der Waals surface area contributed by atoms with Gasteiger partial charge in [-0.3, -0.25) is 9.69 Å². The summed E-state index contributed by atoms with van der Waals surface area (Å²) in [6.07, 6.45) is -2.38. The summed E-state index contributed by atoms with van der Waals surface area (Å²) >= 11 is 0. The fourth-order valence-electron chi connectivity index (χ4n) is 4.66. The zero-order valence-corrected chi connectivity index (χ0v) is 17.9. The molecule has 168 valence electrons. The highest BCUT2D eigenvalue weighted by molar-refractivity contribution is 5.93. The van der Waals surface area contributed by atoms with Gasteiger partial charge >= 0.3 is 6.18 Å². The molecule has 1 aromatic heterocycles. The number of rotatable bonds is 3. The number of piperidine rings is 1. The highest BCUT2D eigenvalue weighted by Gasteiger charge is 2.33. The number of carbonyl (C=O) groups is 1. The number of piperazine rings is 1. The number of carbonyl (C=O) groups excluding carboxylic acids is 1. The van der Waals surface area contributed by atoms with Gasteiger partial charge in [0.25, 0.3) is 5.91 Å². The quantitative estimate of drug-likeness (QED) is 0.719. The van der Waals surface area contributed by atoms with E-state index in [1.165, 1.54) is 12.1 Å². The number of alkyl halides is 3. The third-order valence-corrected chi connectivity index (χ3v) is 6.29. The fourth-order valence-corrected chi connectivity index (χ4v) is 4.66. The van der Waals surface area contributed by atoms with Crippen molar-refractivity contribution in [3.05, 3.63) is 53.0 Å². The summed E-state index contributed by atoms with van der Waals surface area (Å²) in [4.78, 5) is 19.2. The first-order chi connectivity index (χ1) is 14.7. The summed E-state index contributed by atoms with van der Waals surface area (Å²) < 4.78 is 44.7. The standard InChI is InChI=1S/C23H28F3N3O2/c1-16-13-17(2)31-21(16)22(30)29-8-4-7-20(15-29)28-11-9-27(10-12-28)19-6-3-5-18(14-19)23(24,25)26/h3,5-6,13-14,20H,4,7-12,15H2,1-2H3/t20-/m1/s1. The number of amides is 1. The van der Waals surface area contributed by atoms with Crippen molar-refractivity contribution in [2.75, 3.05) is 44.2 Å². The van der Waals surface area contributed by atoms with Gasteiger partial charge in [0, 0.05) is 56.6 Å². The molecule has 2 aliphatic heterocycles. The van der Waals surface area contributed by atoms with E-state index in [1.54, 1.807) is 6.07 Å². The molecule has 5 nitrogen and oxygen atoms in total. The molecular formula is C23H28F3N3O2. The zero-order valence-electron chi connectivity index (χ0n) is 17.9. The largest absolute Gasteiger partial charge is 0.456 e. The molecule has 0 bridgehead atoms. The molecule has 2 fully saturated rings. The van der Waals surface area contributed by atoms with E-state index in [2.05, 4.69) is 4.90 Å². The Morgan fingerprint density at radius 3 is 2.45 bits per heavy atom. The highest BCUT2D eigenvalue weighted by atomic mass is 19.4. The number of nitrogens with zero attached hydrogens (tertiary/aromatic N) is 3. The van der Waals surface area contributed by atoms with Gasteiger partial charge in [0.1, 0.15) is 5.76 Å². The average Bonchev–Trinajstić information content (AvgIpc) is 3.11. The first-order valence-electron chi connectivity index (χ1n) is 10.7. The molecule has 2 saturated heterocycles. The molecule has 1 atom stereocenters. The van der Waals surface area contributed by atoms with Crippen molar-refractivity contribution in [2.45, 2.75) is 38.9 Å². The number of furan rings is 1. The Morgan fingerprint density at radius 2 is 1.81 bits per heavy atom. The summed E-state index contributed by atoms with van der Waals surface area (Å²) in [7, 11) is 0. The molecule has 2 aromatic rings. The first-order valence-corrected chi connectivity index (χ1v) is 10.7. The van der Waals surface area contributed by atoms with Crippen LogP contribution in [-0.4, -0.2) is 61.0 Å². The topological polar surface area (TPSA) is 39.9 Å². The van der Waals surface area contributed by atoms with Gasteiger partial charge in [-0.15, -0.1) is 0 Å². The van der Waals surface area contributed by atoms with Crippen molar-refractivity contribution in [3.8, 4) is 0 Å².